The predicted octanol–water partition coefficient (Wildman–Crippen LogP) is 5.27. The van der Waals surface area contributed by atoms with E-state index in [-0.39, 0.29) is 6.61 Å². The predicted molar refractivity (Wildman–Crippen MR) is 137 cm³/mol. The van der Waals surface area contributed by atoms with E-state index in [0.717, 1.165) is 11.1 Å². The van der Waals surface area contributed by atoms with Crippen LogP contribution in [0.1, 0.15) is 22.8 Å². The van der Waals surface area contributed by atoms with Gasteiger partial charge in [0.25, 0.3) is 0 Å². The fourth-order valence-corrected chi connectivity index (χ4v) is 3.33. The minimum Gasteiger partial charge on any atom is -0.493 e. The molecule has 0 saturated carbocycles. The molecule has 0 heterocycles. The van der Waals surface area contributed by atoms with Crippen LogP contribution in [0.4, 0.5) is 0 Å². The maximum Gasteiger partial charge on any atom is 0.331 e. The Balaban J connectivity index is 1.81. The highest BCUT2D eigenvalue weighted by Crippen LogP contribution is 2.40. The summed E-state index contributed by atoms with van der Waals surface area (Å²) in [5, 5.41) is 0. The summed E-state index contributed by atoms with van der Waals surface area (Å²) in [7, 11) is 4.46. The molecule has 3 rings (SSSR count). The van der Waals surface area contributed by atoms with Crippen LogP contribution >= 0.6 is 0 Å². The van der Waals surface area contributed by atoms with Crippen molar-refractivity contribution in [2.24, 2.45) is 0 Å². The molecule has 0 aliphatic heterocycles. The Morgan fingerprint density at radius 3 is 1.69 bits per heavy atom. The highest BCUT2D eigenvalue weighted by molar-refractivity contribution is 5.88. The van der Waals surface area contributed by atoms with E-state index < -0.39 is 18.0 Å². The normalized spacial score (nSPS) is 11.8. The molecule has 1 atom stereocenters. The van der Waals surface area contributed by atoms with Crippen LogP contribution < -0.4 is 14.2 Å². The molecule has 0 bridgehead atoms. The molecule has 3 aromatic carbocycles. The lowest BCUT2D eigenvalue weighted by atomic mass is 10.1. The Hall–Kier alpha value is -4.52. The molecular formula is C29H28O7. The first-order valence-corrected chi connectivity index (χ1v) is 11.2. The average molecular weight is 489 g/mol. The molecule has 0 N–H and O–H groups in total. The van der Waals surface area contributed by atoms with E-state index in [9.17, 15) is 9.59 Å². The van der Waals surface area contributed by atoms with Crippen LogP contribution in [0.15, 0.2) is 84.9 Å². The zero-order valence-corrected chi connectivity index (χ0v) is 20.4. The Labute approximate surface area is 210 Å². The van der Waals surface area contributed by atoms with E-state index in [0.29, 0.717) is 22.8 Å². The lowest BCUT2D eigenvalue weighted by Gasteiger charge is -2.20. The number of hydrogen-bond acceptors (Lipinski definition) is 7. The average Bonchev–Trinajstić information content (AvgIpc) is 2.93. The smallest absolute Gasteiger partial charge is 0.331 e. The largest absolute Gasteiger partial charge is 0.493 e. The van der Waals surface area contributed by atoms with Crippen molar-refractivity contribution in [3.05, 3.63) is 102 Å². The SMILES string of the molecule is COc1cc(C(COC(=O)/C=C/c2ccccc2)OC(=O)/C=C/c2ccccc2)cc(OC)c1OC. The molecule has 0 fully saturated rings. The Bertz CT molecular complexity index is 1180. The molecule has 7 nitrogen and oxygen atoms in total. The van der Waals surface area contributed by atoms with Crippen molar-refractivity contribution < 1.29 is 33.3 Å². The van der Waals surface area contributed by atoms with Crippen molar-refractivity contribution in [1.29, 1.82) is 0 Å². The Morgan fingerprint density at radius 2 is 1.22 bits per heavy atom. The minimum atomic E-state index is -0.930. The lowest BCUT2D eigenvalue weighted by molar-refractivity contribution is -0.153. The molecule has 0 spiro atoms. The van der Waals surface area contributed by atoms with Crippen LogP contribution in [-0.4, -0.2) is 39.9 Å². The topological polar surface area (TPSA) is 80.3 Å². The van der Waals surface area contributed by atoms with E-state index >= 15 is 0 Å². The molecular weight excluding hydrogens is 460 g/mol. The molecule has 0 aliphatic carbocycles. The molecule has 36 heavy (non-hydrogen) atoms. The molecule has 3 aromatic rings. The van der Waals surface area contributed by atoms with Gasteiger partial charge in [-0.05, 0) is 35.4 Å². The van der Waals surface area contributed by atoms with E-state index in [1.165, 1.54) is 33.5 Å². The second-order valence-corrected chi connectivity index (χ2v) is 7.50. The van der Waals surface area contributed by atoms with Crippen molar-refractivity contribution >= 4 is 24.1 Å². The van der Waals surface area contributed by atoms with Crippen molar-refractivity contribution in [2.45, 2.75) is 6.10 Å². The van der Waals surface area contributed by atoms with Gasteiger partial charge in [-0.1, -0.05) is 60.7 Å². The summed E-state index contributed by atoms with van der Waals surface area (Å²) in [5.74, 6) is -0.0349. The zero-order valence-electron chi connectivity index (χ0n) is 20.4. The monoisotopic (exact) mass is 488 g/mol. The molecule has 1 unspecified atom stereocenters. The molecule has 186 valence electrons. The molecule has 7 heteroatoms. The maximum atomic E-state index is 12.6. The molecule has 0 saturated heterocycles. The van der Waals surface area contributed by atoms with Crippen molar-refractivity contribution in [3.63, 3.8) is 0 Å². The zero-order chi connectivity index (χ0) is 25.8. The molecule has 0 aromatic heterocycles. The first-order valence-electron chi connectivity index (χ1n) is 11.2. The number of methoxy groups -OCH3 is 3. The van der Waals surface area contributed by atoms with E-state index in [1.54, 1.807) is 24.3 Å². The number of carbonyl (C=O) groups excluding carboxylic acids is 2. The number of ether oxygens (including phenoxy) is 5. The summed E-state index contributed by atoms with van der Waals surface area (Å²) < 4.78 is 27.3. The minimum absolute atomic E-state index is 0.221. The van der Waals surface area contributed by atoms with Gasteiger partial charge in [-0.25, -0.2) is 9.59 Å². The fraction of sp³-hybridized carbons (Fsp3) is 0.172. The third kappa shape index (κ3) is 7.50. The van der Waals surface area contributed by atoms with E-state index in [2.05, 4.69) is 0 Å². The van der Waals surface area contributed by atoms with Crippen LogP contribution in [0.25, 0.3) is 12.2 Å². The van der Waals surface area contributed by atoms with Gasteiger partial charge in [0.1, 0.15) is 6.61 Å². The summed E-state index contributed by atoms with van der Waals surface area (Å²) in [5.41, 5.74) is 2.20. The summed E-state index contributed by atoms with van der Waals surface area (Å²) in [4.78, 5) is 25.0. The Morgan fingerprint density at radius 1 is 0.722 bits per heavy atom. The third-order valence-corrected chi connectivity index (χ3v) is 5.12. The number of rotatable bonds is 11. The highest BCUT2D eigenvalue weighted by atomic mass is 16.6. The fourth-order valence-electron chi connectivity index (χ4n) is 3.33. The van der Waals surface area contributed by atoms with E-state index in [1.807, 2.05) is 60.7 Å². The quantitative estimate of drug-likeness (QED) is 0.269. The number of carbonyl (C=O) groups is 2. The van der Waals surface area contributed by atoms with Crippen LogP contribution in [-0.2, 0) is 19.1 Å². The third-order valence-electron chi connectivity index (χ3n) is 5.12. The second kappa shape index (κ2) is 13.4. The van der Waals surface area contributed by atoms with Gasteiger partial charge in [0, 0.05) is 17.7 Å². The Kier molecular flexibility index (Phi) is 9.70. The van der Waals surface area contributed by atoms with Gasteiger partial charge in [0.15, 0.2) is 17.6 Å². The van der Waals surface area contributed by atoms with E-state index in [4.69, 9.17) is 23.7 Å². The van der Waals surface area contributed by atoms with Crippen molar-refractivity contribution in [2.75, 3.05) is 27.9 Å². The molecule has 0 amide bonds. The summed E-state index contributed by atoms with van der Waals surface area (Å²) in [6.07, 6.45) is 4.99. The van der Waals surface area contributed by atoms with Gasteiger partial charge in [0.2, 0.25) is 5.75 Å². The van der Waals surface area contributed by atoms with Gasteiger partial charge in [0.05, 0.1) is 21.3 Å². The number of esters is 2. The summed E-state index contributed by atoms with van der Waals surface area (Å²) >= 11 is 0. The van der Waals surface area contributed by atoms with Crippen LogP contribution in [0.5, 0.6) is 17.2 Å². The van der Waals surface area contributed by atoms with Crippen molar-refractivity contribution in [1.82, 2.24) is 0 Å². The maximum absolute atomic E-state index is 12.6. The van der Waals surface area contributed by atoms with Gasteiger partial charge < -0.3 is 23.7 Å². The number of hydrogen-bond donors (Lipinski definition) is 0. The number of benzene rings is 3. The van der Waals surface area contributed by atoms with Crippen LogP contribution in [0, 0.1) is 0 Å². The van der Waals surface area contributed by atoms with Crippen molar-refractivity contribution in [3.8, 4) is 17.2 Å². The summed E-state index contributed by atoms with van der Waals surface area (Å²) in [6, 6.07) is 22.0. The van der Waals surface area contributed by atoms with Gasteiger partial charge >= 0.3 is 11.9 Å². The van der Waals surface area contributed by atoms with Gasteiger partial charge in [-0.15, -0.1) is 0 Å². The molecule has 0 radical (unpaired) electrons. The van der Waals surface area contributed by atoms with Crippen LogP contribution in [0.2, 0.25) is 0 Å². The highest BCUT2D eigenvalue weighted by Gasteiger charge is 2.23. The summed E-state index contributed by atoms with van der Waals surface area (Å²) in [6.45, 7) is -0.221. The lowest BCUT2D eigenvalue weighted by Crippen LogP contribution is -2.17. The van der Waals surface area contributed by atoms with Gasteiger partial charge in [-0.2, -0.15) is 0 Å². The standard InChI is InChI=1S/C29H28O7/c1-32-24-18-23(19-25(33-2)29(24)34-3)26(36-28(31)17-15-22-12-8-5-9-13-22)20-35-27(30)16-14-21-10-6-4-7-11-21/h4-19,26H,20H2,1-3H3/b16-14+,17-15+. The second-order valence-electron chi connectivity index (χ2n) is 7.50. The van der Waals surface area contributed by atoms with Crippen LogP contribution in [0.3, 0.4) is 0 Å². The first-order chi connectivity index (χ1) is 17.5. The first kappa shape index (κ1) is 26.1. The molecule has 0 aliphatic rings. The van der Waals surface area contributed by atoms with Gasteiger partial charge in [-0.3, -0.25) is 0 Å².